The highest BCUT2D eigenvalue weighted by Crippen LogP contribution is 2.29. The molecule has 1 heterocycles. The van der Waals surface area contributed by atoms with E-state index in [9.17, 15) is 0 Å². The van der Waals surface area contributed by atoms with Crippen LogP contribution in [0.15, 0.2) is 40.2 Å². The molecule has 0 amide bonds. The quantitative estimate of drug-likeness (QED) is 0.753. The molecule has 0 N–H and O–H groups in total. The first kappa shape index (κ1) is 13.4. The molecule has 2 rings (SSSR count). The number of thiophene rings is 1. The van der Waals surface area contributed by atoms with Gasteiger partial charge in [0.1, 0.15) is 6.61 Å². The zero-order valence-corrected chi connectivity index (χ0v) is 12.6. The van der Waals surface area contributed by atoms with Gasteiger partial charge >= 0.3 is 0 Å². The molecule has 0 spiro atoms. The van der Waals surface area contributed by atoms with E-state index in [-0.39, 0.29) is 0 Å². The van der Waals surface area contributed by atoms with Gasteiger partial charge in [0.2, 0.25) is 0 Å². The Morgan fingerprint density at radius 2 is 1.83 bits per heavy atom. The van der Waals surface area contributed by atoms with Gasteiger partial charge in [-0.1, -0.05) is 19.1 Å². The highest BCUT2D eigenvalue weighted by Gasteiger charge is 2.06. The van der Waals surface area contributed by atoms with Crippen LogP contribution >= 0.6 is 27.3 Å². The van der Waals surface area contributed by atoms with E-state index < -0.39 is 0 Å². The van der Waals surface area contributed by atoms with Crippen LogP contribution in [0.2, 0.25) is 0 Å². The fourth-order valence-electron chi connectivity index (χ4n) is 1.47. The molecule has 0 saturated heterocycles. The zero-order valence-electron chi connectivity index (χ0n) is 10.2. The minimum Gasteiger partial charge on any atom is -0.490 e. The molecule has 2 nitrogen and oxygen atoms in total. The van der Waals surface area contributed by atoms with E-state index in [0.717, 1.165) is 22.4 Å². The largest absolute Gasteiger partial charge is 0.490 e. The fraction of sp³-hybridized carbons (Fsp3) is 0.286. The van der Waals surface area contributed by atoms with Crippen molar-refractivity contribution in [3.63, 3.8) is 0 Å². The summed E-state index contributed by atoms with van der Waals surface area (Å²) in [7, 11) is 0. The minimum absolute atomic E-state index is 0.560. The van der Waals surface area contributed by atoms with Gasteiger partial charge in [0.25, 0.3) is 0 Å². The standard InChI is InChI=1S/C14H15BrO2S/c1-2-8-16-12-5-3-4-6-13(12)17-10-14-11(15)7-9-18-14/h3-7,9H,2,8,10H2,1H3. The predicted molar refractivity (Wildman–Crippen MR) is 78.6 cm³/mol. The molecule has 4 heteroatoms. The normalized spacial score (nSPS) is 10.3. The van der Waals surface area contributed by atoms with E-state index in [1.54, 1.807) is 11.3 Å². The minimum atomic E-state index is 0.560. The Bertz CT molecular complexity index is 496. The summed E-state index contributed by atoms with van der Waals surface area (Å²) in [6, 6.07) is 9.82. The summed E-state index contributed by atoms with van der Waals surface area (Å²) in [5, 5.41) is 2.04. The third-order valence-corrected chi connectivity index (χ3v) is 4.26. The lowest BCUT2D eigenvalue weighted by Gasteiger charge is -2.11. The van der Waals surface area contributed by atoms with Crippen molar-refractivity contribution >= 4 is 27.3 Å². The Morgan fingerprint density at radius 3 is 2.44 bits per heavy atom. The van der Waals surface area contributed by atoms with Crippen LogP contribution in [-0.2, 0) is 6.61 Å². The first-order valence-electron chi connectivity index (χ1n) is 5.87. The van der Waals surface area contributed by atoms with E-state index in [1.165, 1.54) is 4.88 Å². The number of halogens is 1. The van der Waals surface area contributed by atoms with Crippen LogP contribution in [0.1, 0.15) is 18.2 Å². The maximum Gasteiger partial charge on any atom is 0.161 e. The van der Waals surface area contributed by atoms with E-state index >= 15 is 0 Å². The monoisotopic (exact) mass is 326 g/mol. The van der Waals surface area contributed by atoms with Gasteiger partial charge in [-0.25, -0.2) is 0 Å². The van der Waals surface area contributed by atoms with Crippen LogP contribution in [0.25, 0.3) is 0 Å². The van der Waals surface area contributed by atoms with Crippen LogP contribution in [0.3, 0.4) is 0 Å². The van der Waals surface area contributed by atoms with Crippen LogP contribution in [-0.4, -0.2) is 6.61 Å². The Labute approximate surface area is 120 Å². The third-order valence-electron chi connectivity index (χ3n) is 2.36. The second kappa shape index (κ2) is 6.81. The maximum atomic E-state index is 5.81. The molecule has 0 atom stereocenters. The summed E-state index contributed by atoms with van der Waals surface area (Å²) in [5.41, 5.74) is 0. The van der Waals surface area contributed by atoms with Crippen LogP contribution in [0.4, 0.5) is 0 Å². The molecule has 1 aromatic heterocycles. The lowest BCUT2D eigenvalue weighted by atomic mass is 10.3. The van der Waals surface area contributed by atoms with Crippen LogP contribution in [0, 0.1) is 0 Å². The van der Waals surface area contributed by atoms with Crippen molar-refractivity contribution in [1.29, 1.82) is 0 Å². The highest BCUT2D eigenvalue weighted by molar-refractivity contribution is 9.10. The van der Waals surface area contributed by atoms with Gasteiger partial charge < -0.3 is 9.47 Å². The summed E-state index contributed by atoms with van der Waals surface area (Å²) in [4.78, 5) is 1.18. The number of rotatable bonds is 6. The number of benzene rings is 1. The predicted octanol–water partition coefficient (Wildman–Crippen LogP) is 4.88. The molecule has 1 aromatic carbocycles. The molecule has 18 heavy (non-hydrogen) atoms. The second-order valence-corrected chi connectivity index (χ2v) is 5.63. The molecule has 0 saturated carbocycles. The average Bonchev–Trinajstić information content (AvgIpc) is 2.80. The summed E-state index contributed by atoms with van der Waals surface area (Å²) >= 11 is 5.18. The number of ether oxygens (including phenoxy) is 2. The summed E-state index contributed by atoms with van der Waals surface area (Å²) in [6.45, 7) is 3.36. The van der Waals surface area contributed by atoms with E-state index in [0.29, 0.717) is 13.2 Å². The van der Waals surface area contributed by atoms with Crippen molar-refractivity contribution in [1.82, 2.24) is 0 Å². The van der Waals surface area contributed by atoms with Gasteiger partial charge in [-0.15, -0.1) is 11.3 Å². The molecule has 0 radical (unpaired) electrons. The number of hydrogen-bond acceptors (Lipinski definition) is 3. The molecule has 0 fully saturated rings. The molecule has 0 bridgehead atoms. The summed E-state index contributed by atoms with van der Waals surface area (Å²) in [5.74, 6) is 1.61. The number of hydrogen-bond donors (Lipinski definition) is 0. The van der Waals surface area contributed by atoms with Crippen molar-refractivity contribution in [3.05, 3.63) is 45.1 Å². The second-order valence-electron chi connectivity index (χ2n) is 3.78. The SMILES string of the molecule is CCCOc1ccccc1OCc1sccc1Br. The van der Waals surface area contributed by atoms with Crippen molar-refractivity contribution in [2.24, 2.45) is 0 Å². The van der Waals surface area contributed by atoms with Gasteiger partial charge in [-0.05, 0) is 45.9 Å². The van der Waals surface area contributed by atoms with Gasteiger partial charge in [-0.2, -0.15) is 0 Å². The molecule has 2 aromatic rings. The number of para-hydroxylation sites is 2. The third kappa shape index (κ3) is 3.50. The lowest BCUT2D eigenvalue weighted by molar-refractivity contribution is 0.263. The van der Waals surface area contributed by atoms with E-state index in [1.807, 2.05) is 35.7 Å². The highest BCUT2D eigenvalue weighted by atomic mass is 79.9. The molecular formula is C14H15BrO2S. The average molecular weight is 327 g/mol. The lowest BCUT2D eigenvalue weighted by Crippen LogP contribution is -2.00. The summed E-state index contributed by atoms with van der Waals surface area (Å²) < 4.78 is 12.6. The van der Waals surface area contributed by atoms with Crippen molar-refractivity contribution in [2.45, 2.75) is 20.0 Å². The van der Waals surface area contributed by atoms with Gasteiger partial charge in [0.05, 0.1) is 11.5 Å². The first-order chi connectivity index (χ1) is 8.81. The van der Waals surface area contributed by atoms with Crippen molar-refractivity contribution in [2.75, 3.05) is 6.61 Å². The Balaban J connectivity index is 2.02. The molecule has 0 unspecified atom stereocenters. The van der Waals surface area contributed by atoms with Crippen molar-refractivity contribution < 1.29 is 9.47 Å². The van der Waals surface area contributed by atoms with Crippen molar-refractivity contribution in [3.8, 4) is 11.5 Å². The Hall–Kier alpha value is -1.00. The first-order valence-corrected chi connectivity index (χ1v) is 7.55. The molecule has 96 valence electrons. The topological polar surface area (TPSA) is 18.5 Å². The zero-order chi connectivity index (χ0) is 12.8. The Kier molecular flexibility index (Phi) is 5.08. The van der Waals surface area contributed by atoms with Gasteiger partial charge in [0.15, 0.2) is 11.5 Å². The molecule has 0 aliphatic rings. The smallest absolute Gasteiger partial charge is 0.161 e. The van der Waals surface area contributed by atoms with Crippen LogP contribution < -0.4 is 9.47 Å². The summed E-state index contributed by atoms with van der Waals surface area (Å²) in [6.07, 6.45) is 0.991. The maximum absolute atomic E-state index is 5.81. The van der Waals surface area contributed by atoms with Gasteiger partial charge in [0, 0.05) is 4.47 Å². The van der Waals surface area contributed by atoms with E-state index in [4.69, 9.17) is 9.47 Å². The van der Waals surface area contributed by atoms with Crippen LogP contribution in [0.5, 0.6) is 11.5 Å². The van der Waals surface area contributed by atoms with E-state index in [2.05, 4.69) is 22.9 Å². The fourth-order valence-corrected chi connectivity index (χ4v) is 2.85. The Morgan fingerprint density at radius 1 is 1.11 bits per heavy atom. The molecule has 0 aliphatic heterocycles. The van der Waals surface area contributed by atoms with Gasteiger partial charge in [-0.3, -0.25) is 0 Å². The molecule has 0 aliphatic carbocycles. The molecular weight excluding hydrogens is 312 g/mol.